The smallest absolute Gasteiger partial charge is 0.462 e. The third kappa shape index (κ3) is 58.2. The molecule has 0 aromatic rings. The Hall–Kier alpha value is -3.07. The minimum Gasteiger partial charge on any atom is -0.462 e. The van der Waals surface area contributed by atoms with E-state index in [1.807, 2.05) is 21.1 Å². The molecule has 0 saturated heterocycles. The average Bonchev–Trinajstić information content (AvgIpc) is 3.36. The molecule has 0 aliphatic heterocycles. The fourth-order valence-corrected chi connectivity index (χ4v) is 8.73. The predicted molar refractivity (Wildman–Crippen MR) is 316 cm³/mol. The lowest BCUT2D eigenvalue weighted by Crippen LogP contribution is -2.37. The van der Waals surface area contributed by atoms with Crippen LogP contribution >= 0.6 is 7.82 Å². The molecule has 0 aromatic heterocycles. The molecule has 0 amide bonds. The van der Waals surface area contributed by atoms with Crippen LogP contribution < -0.4 is 0 Å². The van der Waals surface area contributed by atoms with Gasteiger partial charge in [0.05, 0.1) is 27.7 Å². The van der Waals surface area contributed by atoms with Crippen molar-refractivity contribution in [3.63, 3.8) is 0 Å². The van der Waals surface area contributed by atoms with Gasteiger partial charge in [-0.1, -0.05) is 233 Å². The number of unbranched alkanes of at least 4 members (excludes halogenated alkanes) is 24. The van der Waals surface area contributed by atoms with Gasteiger partial charge in [-0.05, 0) is 96.3 Å². The van der Waals surface area contributed by atoms with E-state index in [0.29, 0.717) is 17.4 Å². The second kappa shape index (κ2) is 54.7. The first-order chi connectivity index (χ1) is 36.0. The molecule has 10 heteroatoms. The van der Waals surface area contributed by atoms with E-state index in [9.17, 15) is 19.0 Å². The number of phosphoric acid groups is 1. The molecule has 0 saturated carbocycles. The molecular formula is C64H113NO8P+. The van der Waals surface area contributed by atoms with Gasteiger partial charge in [-0.3, -0.25) is 18.6 Å². The molecule has 1 N–H and O–H groups in total. The summed E-state index contributed by atoms with van der Waals surface area (Å²) in [5.41, 5.74) is 0. The lowest BCUT2D eigenvalue weighted by atomic mass is 10.0. The monoisotopic (exact) mass is 1050 g/mol. The summed E-state index contributed by atoms with van der Waals surface area (Å²) in [5.74, 6) is -0.807. The van der Waals surface area contributed by atoms with E-state index in [1.165, 1.54) is 109 Å². The first kappa shape index (κ1) is 70.9. The van der Waals surface area contributed by atoms with Crippen molar-refractivity contribution < 1.29 is 42.1 Å². The summed E-state index contributed by atoms with van der Waals surface area (Å²) in [5, 5.41) is 0. The largest absolute Gasteiger partial charge is 0.472 e. The first-order valence-corrected chi connectivity index (χ1v) is 31.5. The number of likely N-dealkylation sites (N-methyl/N-ethyl adjacent to an activating group) is 1. The van der Waals surface area contributed by atoms with Gasteiger partial charge in [0.1, 0.15) is 19.8 Å². The maximum absolute atomic E-state index is 12.8. The Morgan fingerprint density at radius 3 is 1.16 bits per heavy atom. The van der Waals surface area contributed by atoms with E-state index in [2.05, 4.69) is 111 Å². The number of rotatable bonds is 54. The number of carbonyl (C=O) groups excluding carboxylic acids is 2. The van der Waals surface area contributed by atoms with Crippen molar-refractivity contribution in [2.45, 2.75) is 251 Å². The molecule has 0 bridgehead atoms. The zero-order chi connectivity index (χ0) is 54.2. The van der Waals surface area contributed by atoms with Gasteiger partial charge in [0.15, 0.2) is 6.10 Å². The van der Waals surface area contributed by atoms with Crippen molar-refractivity contribution in [3.05, 3.63) is 97.2 Å². The number of phosphoric ester groups is 1. The Bertz CT molecular complexity index is 1570. The van der Waals surface area contributed by atoms with Crippen LogP contribution in [0.2, 0.25) is 0 Å². The van der Waals surface area contributed by atoms with Crippen LogP contribution in [-0.2, 0) is 32.7 Å². The van der Waals surface area contributed by atoms with Crippen molar-refractivity contribution >= 4 is 19.8 Å². The summed E-state index contributed by atoms with van der Waals surface area (Å²) < 4.78 is 34.5. The minimum atomic E-state index is -4.39. The van der Waals surface area contributed by atoms with Gasteiger partial charge in [0.2, 0.25) is 0 Å². The van der Waals surface area contributed by atoms with Crippen LogP contribution in [0.5, 0.6) is 0 Å². The van der Waals surface area contributed by atoms with E-state index < -0.39 is 26.5 Å². The van der Waals surface area contributed by atoms with E-state index in [4.69, 9.17) is 18.5 Å². The fourth-order valence-electron chi connectivity index (χ4n) is 7.99. The van der Waals surface area contributed by atoms with E-state index in [-0.39, 0.29) is 32.0 Å². The van der Waals surface area contributed by atoms with Gasteiger partial charge in [-0.15, -0.1) is 0 Å². The van der Waals surface area contributed by atoms with Gasteiger partial charge in [0, 0.05) is 12.8 Å². The summed E-state index contributed by atoms with van der Waals surface area (Å²) in [6.07, 6.45) is 74.9. The molecule has 426 valence electrons. The van der Waals surface area contributed by atoms with Crippen molar-refractivity contribution in [3.8, 4) is 0 Å². The van der Waals surface area contributed by atoms with Crippen molar-refractivity contribution in [2.75, 3.05) is 47.5 Å². The van der Waals surface area contributed by atoms with Crippen LogP contribution in [0.1, 0.15) is 245 Å². The van der Waals surface area contributed by atoms with Gasteiger partial charge >= 0.3 is 19.8 Å². The highest BCUT2D eigenvalue weighted by atomic mass is 31.2. The summed E-state index contributed by atoms with van der Waals surface area (Å²) in [4.78, 5) is 35.6. The number of hydrogen-bond donors (Lipinski definition) is 1. The lowest BCUT2D eigenvalue weighted by Gasteiger charge is -2.24. The SMILES string of the molecule is CC/C=C\C/C=C\C/C=C\C/C=C\C/C=C\C/C=C\C/C=C\CCCCCCCCCCCCCCCCCC(=O)OC(COC(=O)CCCCCCC/C=C\CCCCCC)COP(=O)(O)OCC[N+](C)(C)C. The van der Waals surface area contributed by atoms with E-state index in [0.717, 1.165) is 103 Å². The van der Waals surface area contributed by atoms with Crippen LogP contribution in [0, 0.1) is 0 Å². The molecule has 0 aliphatic rings. The van der Waals surface area contributed by atoms with Crippen LogP contribution in [0.3, 0.4) is 0 Å². The molecule has 2 atom stereocenters. The Balaban J connectivity index is 4.02. The van der Waals surface area contributed by atoms with E-state index in [1.54, 1.807) is 0 Å². The van der Waals surface area contributed by atoms with Crippen molar-refractivity contribution in [2.24, 2.45) is 0 Å². The van der Waals surface area contributed by atoms with Crippen LogP contribution in [0.25, 0.3) is 0 Å². The molecule has 74 heavy (non-hydrogen) atoms. The molecule has 0 aliphatic carbocycles. The van der Waals surface area contributed by atoms with Crippen LogP contribution in [0.15, 0.2) is 97.2 Å². The molecule has 0 radical (unpaired) electrons. The van der Waals surface area contributed by atoms with Crippen molar-refractivity contribution in [1.82, 2.24) is 0 Å². The Morgan fingerprint density at radius 1 is 0.432 bits per heavy atom. The summed E-state index contributed by atoms with van der Waals surface area (Å²) in [7, 11) is 1.47. The Labute approximate surface area is 455 Å². The highest BCUT2D eigenvalue weighted by molar-refractivity contribution is 7.47. The van der Waals surface area contributed by atoms with Crippen molar-refractivity contribution in [1.29, 1.82) is 0 Å². The lowest BCUT2D eigenvalue weighted by molar-refractivity contribution is -0.870. The number of allylic oxidation sites excluding steroid dienone is 16. The highest BCUT2D eigenvalue weighted by Gasteiger charge is 2.27. The molecule has 0 rings (SSSR count). The van der Waals surface area contributed by atoms with Gasteiger partial charge in [0.25, 0.3) is 0 Å². The average molecular weight is 1060 g/mol. The third-order valence-electron chi connectivity index (χ3n) is 12.6. The number of esters is 2. The predicted octanol–water partition coefficient (Wildman–Crippen LogP) is 18.8. The van der Waals surface area contributed by atoms with Crippen LogP contribution in [0.4, 0.5) is 0 Å². The quantitative estimate of drug-likeness (QED) is 0.0211. The number of hydrogen-bond acceptors (Lipinski definition) is 7. The third-order valence-corrected chi connectivity index (χ3v) is 13.6. The fraction of sp³-hybridized carbons (Fsp3) is 0.719. The maximum Gasteiger partial charge on any atom is 0.472 e. The summed E-state index contributed by atoms with van der Waals surface area (Å²) in [6.45, 7) is 4.29. The molecule has 0 heterocycles. The Morgan fingerprint density at radius 2 is 0.770 bits per heavy atom. The Kier molecular flexibility index (Phi) is 52.4. The topological polar surface area (TPSA) is 108 Å². The first-order valence-electron chi connectivity index (χ1n) is 30.0. The summed E-state index contributed by atoms with van der Waals surface area (Å²) in [6, 6.07) is 0. The number of quaternary nitrogens is 1. The van der Waals surface area contributed by atoms with Gasteiger partial charge in [-0.2, -0.15) is 0 Å². The molecule has 0 aromatic carbocycles. The van der Waals surface area contributed by atoms with Gasteiger partial charge in [-0.25, -0.2) is 4.57 Å². The second-order valence-corrected chi connectivity index (χ2v) is 22.5. The maximum atomic E-state index is 12.8. The van der Waals surface area contributed by atoms with Crippen LogP contribution in [-0.4, -0.2) is 74.9 Å². The minimum absolute atomic E-state index is 0.0280. The standard InChI is InChI=1S/C64H112NO8P/c1-6-8-10-12-14-16-18-20-21-22-23-24-25-26-27-28-29-30-31-32-33-34-35-36-37-38-39-40-41-42-43-45-47-49-51-53-55-57-64(67)73-62(61-72-74(68,69)71-59-58-65(3,4)5)60-70-63(66)56-54-52-50-48-46-44-19-17-15-13-11-9-7-2/h8,10,14,16-17,19-21,23-24,26-27,29-30,32-33,62H,6-7,9,11-13,15,18,22,25,28,31,34-61H2,1-5H3/p+1/b10-8-,16-14-,19-17-,21-20-,24-23-,27-26-,30-29-,33-32-. The molecule has 0 spiro atoms. The highest BCUT2D eigenvalue weighted by Crippen LogP contribution is 2.43. The zero-order valence-electron chi connectivity index (χ0n) is 48.3. The number of carbonyl (C=O) groups is 2. The molecule has 9 nitrogen and oxygen atoms in total. The molecule has 0 fully saturated rings. The summed E-state index contributed by atoms with van der Waals surface area (Å²) >= 11 is 0. The zero-order valence-corrected chi connectivity index (χ0v) is 49.2. The number of nitrogens with zero attached hydrogens (tertiary/aromatic N) is 1. The second-order valence-electron chi connectivity index (χ2n) is 21.0. The molecular weight excluding hydrogens is 942 g/mol. The molecule has 2 unspecified atom stereocenters. The normalized spacial score (nSPS) is 14.0. The number of ether oxygens (including phenoxy) is 2. The van der Waals surface area contributed by atoms with Gasteiger partial charge < -0.3 is 18.9 Å². The van der Waals surface area contributed by atoms with E-state index >= 15 is 0 Å².